The van der Waals surface area contributed by atoms with Gasteiger partial charge in [0.1, 0.15) is 5.82 Å². The Balaban J connectivity index is 1.86. The van der Waals surface area contributed by atoms with E-state index in [1.54, 1.807) is 0 Å². The van der Waals surface area contributed by atoms with E-state index in [1.165, 1.54) is 23.1 Å². The molecule has 0 unspecified atom stereocenters. The fraction of sp³-hybridized carbons (Fsp3) is 0.125. The zero-order chi connectivity index (χ0) is 14.1. The lowest BCUT2D eigenvalue weighted by Crippen LogP contribution is -2.31. The fourth-order valence-corrected chi connectivity index (χ4v) is 2.37. The summed E-state index contributed by atoms with van der Waals surface area (Å²) in [4.78, 5) is 25.1. The van der Waals surface area contributed by atoms with Gasteiger partial charge in [0.05, 0.1) is 11.3 Å². The van der Waals surface area contributed by atoms with Crippen LogP contribution in [0.5, 0.6) is 0 Å². The van der Waals surface area contributed by atoms with Gasteiger partial charge in [0, 0.05) is 6.54 Å². The minimum Gasteiger partial charge on any atom is -0.304 e. The number of halogens is 1. The van der Waals surface area contributed by atoms with Crippen molar-refractivity contribution in [2.45, 2.75) is 6.42 Å². The van der Waals surface area contributed by atoms with Crippen LogP contribution in [0, 0.1) is 5.82 Å². The van der Waals surface area contributed by atoms with Gasteiger partial charge in [-0.3, -0.25) is 9.59 Å². The number of hydrogen-bond acceptors (Lipinski definition) is 2. The average Bonchev–Trinajstić information content (AvgIpc) is 2.70. The van der Waals surface area contributed by atoms with E-state index in [4.69, 9.17) is 0 Å². The maximum absolute atomic E-state index is 13.3. The number of amides is 1. The summed E-state index contributed by atoms with van der Waals surface area (Å²) >= 11 is 0. The van der Waals surface area contributed by atoms with Crippen LogP contribution in [0.4, 0.5) is 10.1 Å². The molecule has 20 heavy (non-hydrogen) atoms. The molecule has 0 spiro atoms. The van der Waals surface area contributed by atoms with Crippen molar-refractivity contribution in [1.82, 2.24) is 0 Å². The van der Waals surface area contributed by atoms with E-state index in [2.05, 4.69) is 0 Å². The lowest BCUT2D eigenvalue weighted by molar-refractivity contribution is -0.114. The molecule has 0 bridgehead atoms. The molecule has 1 heterocycles. The number of fused-ring (bicyclic) bond motifs is 1. The number of benzene rings is 2. The molecule has 0 aliphatic carbocycles. The first kappa shape index (κ1) is 12.5. The molecule has 2 aromatic rings. The highest BCUT2D eigenvalue weighted by atomic mass is 19.1. The van der Waals surface area contributed by atoms with Gasteiger partial charge in [-0.25, -0.2) is 4.39 Å². The van der Waals surface area contributed by atoms with Gasteiger partial charge in [-0.15, -0.1) is 0 Å². The first-order chi connectivity index (χ1) is 9.66. The van der Waals surface area contributed by atoms with Gasteiger partial charge in [-0.1, -0.05) is 30.3 Å². The minimum absolute atomic E-state index is 0.282. The number of nitrogens with zero attached hydrogens (tertiary/aromatic N) is 1. The molecule has 0 N–H and O–H groups in total. The van der Waals surface area contributed by atoms with E-state index < -0.39 is 17.5 Å². The standard InChI is InChI=1S/C16H12FNO2/c17-12-6-7-13-14(10-12)18(16(20)15(13)19)9-8-11-4-2-1-3-5-11/h1-7,10H,8-9H2. The predicted octanol–water partition coefficient (Wildman–Crippen LogP) is 2.60. The van der Waals surface area contributed by atoms with Gasteiger partial charge in [0.2, 0.25) is 0 Å². The van der Waals surface area contributed by atoms with Crippen molar-refractivity contribution < 1.29 is 14.0 Å². The summed E-state index contributed by atoms with van der Waals surface area (Å²) in [6.07, 6.45) is 0.621. The molecule has 1 amide bonds. The summed E-state index contributed by atoms with van der Waals surface area (Å²) in [5.41, 5.74) is 1.72. The first-order valence-corrected chi connectivity index (χ1v) is 6.36. The largest absolute Gasteiger partial charge is 0.304 e. The number of hydrogen-bond donors (Lipinski definition) is 0. The van der Waals surface area contributed by atoms with E-state index in [1.807, 2.05) is 30.3 Å². The second-order valence-electron chi connectivity index (χ2n) is 4.68. The van der Waals surface area contributed by atoms with E-state index in [-0.39, 0.29) is 5.56 Å². The van der Waals surface area contributed by atoms with Crippen LogP contribution in [0.1, 0.15) is 15.9 Å². The van der Waals surface area contributed by atoms with Crippen molar-refractivity contribution in [2.75, 3.05) is 11.4 Å². The van der Waals surface area contributed by atoms with Crippen molar-refractivity contribution in [3.8, 4) is 0 Å². The average molecular weight is 269 g/mol. The molecule has 1 aliphatic rings. The van der Waals surface area contributed by atoms with Gasteiger partial charge in [-0.05, 0) is 30.2 Å². The Kier molecular flexibility index (Phi) is 3.06. The summed E-state index contributed by atoms with van der Waals surface area (Å²) in [5.74, 6) is -1.59. The maximum atomic E-state index is 13.3. The zero-order valence-electron chi connectivity index (χ0n) is 10.7. The van der Waals surface area contributed by atoms with Gasteiger partial charge in [-0.2, -0.15) is 0 Å². The summed E-state index contributed by atoms with van der Waals surface area (Å²) in [6, 6.07) is 13.5. The molecule has 0 aromatic heterocycles. The smallest absolute Gasteiger partial charge is 0.299 e. The van der Waals surface area contributed by atoms with Crippen LogP contribution in [-0.2, 0) is 11.2 Å². The lowest BCUT2D eigenvalue weighted by Gasteiger charge is -2.16. The Labute approximate surface area is 115 Å². The molecule has 0 saturated heterocycles. The van der Waals surface area contributed by atoms with E-state index in [9.17, 15) is 14.0 Å². The molecule has 3 rings (SSSR count). The van der Waals surface area contributed by atoms with Crippen molar-refractivity contribution in [2.24, 2.45) is 0 Å². The van der Waals surface area contributed by atoms with E-state index in [0.717, 1.165) is 5.56 Å². The number of rotatable bonds is 3. The molecule has 0 fully saturated rings. The van der Waals surface area contributed by atoms with Crippen LogP contribution < -0.4 is 4.90 Å². The Hall–Kier alpha value is -2.49. The zero-order valence-corrected chi connectivity index (χ0v) is 10.7. The van der Waals surface area contributed by atoms with Crippen LogP contribution in [0.3, 0.4) is 0 Å². The van der Waals surface area contributed by atoms with Crippen molar-refractivity contribution in [3.63, 3.8) is 0 Å². The Morgan fingerprint density at radius 2 is 1.75 bits per heavy atom. The van der Waals surface area contributed by atoms with E-state index in [0.29, 0.717) is 18.7 Å². The molecule has 1 aliphatic heterocycles. The van der Waals surface area contributed by atoms with Crippen LogP contribution in [-0.4, -0.2) is 18.2 Å². The number of anilines is 1. The Bertz CT molecular complexity index is 682. The number of ketones is 1. The Morgan fingerprint density at radius 1 is 1.00 bits per heavy atom. The normalized spacial score (nSPS) is 13.8. The van der Waals surface area contributed by atoms with E-state index >= 15 is 0 Å². The second kappa shape index (κ2) is 4.89. The summed E-state index contributed by atoms with van der Waals surface area (Å²) < 4.78 is 13.3. The molecule has 100 valence electrons. The minimum atomic E-state index is -0.582. The molecule has 0 saturated carbocycles. The molecular weight excluding hydrogens is 257 g/mol. The molecule has 0 atom stereocenters. The topological polar surface area (TPSA) is 37.4 Å². The number of carbonyl (C=O) groups is 2. The highest BCUT2D eigenvalue weighted by molar-refractivity contribution is 6.52. The lowest BCUT2D eigenvalue weighted by atomic mass is 10.1. The highest BCUT2D eigenvalue weighted by Gasteiger charge is 2.35. The molecule has 3 nitrogen and oxygen atoms in total. The quantitative estimate of drug-likeness (QED) is 0.803. The van der Waals surface area contributed by atoms with Crippen LogP contribution in [0.15, 0.2) is 48.5 Å². The fourth-order valence-electron chi connectivity index (χ4n) is 2.37. The number of carbonyl (C=O) groups excluding carboxylic acids is 2. The Morgan fingerprint density at radius 3 is 2.50 bits per heavy atom. The van der Waals surface area contributed by atoms with Crippen molar-refractivity contribution >= 4 is 17.4 Å². The molecular formula is C16H12FNO2. The highest BCUT2D eigenvalue weighted by Crippen LogP contribution is 2.29. The monoisotopic (exact) mass is 269 g/mol. The summed E-state index contributed by atoms with van der Waals surface area (Å²) in [5, 5.41) is 0. The molecule has 4 heteroatoms. The SMILES string of the molecule is O=C1C(=O)N(CCc2ccccc2)c2cc(F)ccc21. The van der Waals surface area contributed by atoms with Crippen LogP contribution >= 0.6 is 0 Å². The van der Waals surface area contributed by atoms with Gasteiger partial charge >= 0.3 is 0 Å². The predicted molar refractivity (Wildman–Crippen MR) is 73.2 cm³/mol. The third-order valence-electron chi connectivity index (χ3n) is 3.40. The third-order valence-corrected chi connectivity index (χ3v) is 3.40. The molecule has 2 aromatic carbocycles. The number of Topliss-reactive ketones (excluding diaryl/α,β-unsaturated/α-hetero) is 1. The summed E-state index contributed by atoms with van der Waals surface area (Å²) in [7, 11) is 0. The van der Waals surface area contributed by atoms with Crippen LogP contribution in [0.25, 0.3) is 0 Å². The summed E-state index contributed by atoms with van der Waals surface area (Å²) in [6.45, 7) is 0.366. The van der Waals surface area contributed by atoms with Crippen molar-refractivity contribution in [1.29, 1.82) is 0 Å². The maximum Gasteiger partial charge on any atom is 0.299 e. The van der Waals surface area contributed by atoms with Gasteiger partial charge < -0.3 is 4.90 Å². The van der Waals surface area contributed by atoms with Gasteiger partial charge in [0.15, 0.2) is 0 Å². The second-order valence-corrected chi connectivity index (χ2v) is 4.68. The molecule has 0 radical (unpaired) electrons. The van der Waals surface area contributed by atoms with Gasteiger partial charge in [0.25, 0.3) is 11.7 Å². The van der Waals surface area contributed by atoms with Crippen molar-refractivity contribution in [3.05, 3.63) is 65.5 Å². The third kappa shape index (κ3) is 2.09. The first-order valence-electron chi connectivity index (χ1n) is 6.36. The van der Waals surface area contributed by atoms with Crippen LogP contribution in [0.2, 0.25) is 0 Å².